The minimum absolute atomic E-state index is 0.155. The van der Waals surface area contributed by atoms with Gasteiger partial charge in [-0.05, 0) is 19.5 Å². The molecule has 1 N–H and O–H groups in total. The Kier molecular flexibility index (Phi) is 5.37. The van der Waals surface area contributed by atoms with Crippen LogP contribution in [-0.2, 0) is 0 Å². The summed E-state index contributed by atoms with van der Waals surface area (Å²) in [5.41, 5.74) is 0.796. The van der Waals surface area contributed by atoms with Gasteiger partial charge in [-0.15, -0.1) is 0 Å². The van der Waals surface area contributed by atoms with E-state index in [4.69, 9.17) is 0 Å². The molecule has 4 atom stereocenters. The standard InChI is InChI=1S/C15H21F2NS2/c1-8-5-6-11(14(17)13(8)16)15(18-4)12-7-19-9(2)10(3)20-12/h5-6,9-10,12,15,18H,7H2,1-4H3. The van der Waals surface area contributed by atoms with Crippen LogP contribution in [-0.4, -0.2) is 28.6 Å². The highest BCUT2D eigenvalue weighted by Gasteiger charge is 2.33. The highest BCUT2D eigenvalue weighted by atomic mass is 32.2. The third-order valence-electron chi connectivity index (χ3n) is 3.90. The van der Waals surface area contributed by atoms with Gasteiger partial charge in [0, 0.05) is 33.1 Å². The summed E-state index contributed by atoms with van der Waals surface area (Å²) >= 11 is 3.78. The van der Waals surface area contributed by atoms with Gasteiger partial charge in [-0.3, -0.25) is 0 Å². The van der Waals surface area contributed by atoms with Crippen LogP contribution in [0.5, 0.6) is 0 Å². The summed E-state index contributed by atoms with van der Waals surface area (Å²) in [7, 11) is 1.82. The summed E-state index contributed by atoms with van der Waals surface area (Å²) in [5, 5.41) is 4.55. The molecule has 2 rings (SSSR count). The Labute approximate surface area is 128 Å². The Morgan fingerprint density at radius 1 is 1.20 bits per heavy atom. The second-order valence-corrected chi connectivity index (χ2v) is 8.32. The van der Waals surface area contributed by atoms with Gasteiger partial charge in [-0.25, -0.2) is 8.78 Å². The van der Waals surface area contributed by atoms with Crippen LogP contribution in [0.4, 0.5) is 8.78 Å². The SMILES string of the molecule is CNC(c1ccc(C)c(F)c1F)C1CSC(C)C(C)S1. The van der Waals surface area contributed by atoms with Gasteiger partial charge >= 0.3 is 0 Å². The maximum atomic E-state index is 14.2. The van der Waals surface area contributed by atoms with Crippen LogP contribution in [0.3, 0.4) is 0 Å². The third kappa shape index (κ3) is 3.15. The Balaban J connectivity index is 2.27. The van der Waals surface area contributed by atoms with Crippen LogP contribution in [0, 0.1) is 18.6 Å². The Morgan fingerprint density at radius 2 is 1.90 bits per heavy atom. The van der Waals surface area contributed by atoms with Crippen LogP contribution in [0.2, 0.25) is 0 Å². The van der Waals surface area contributed by atoms with Gasteiger partial charge < -0.3 is 5.32 Å². The number of rotatable bonds is 3. The van der Waals surface area contributed by atoms with Crippen molar-refractivity contribution in [2.45, 2.75) is 42.6 Å². The molecule has 0 aliphatic carbocycles. The predicted molar refractivity (Wildman–Crippen MR) is 85.7 cm³/mol. The lowest BCUT2D eigenvalue weighted by atomic mass is 10.0. The number of hydrogen-bond donors (Lipinski definition) is 1. The first kappa shape index (κ1) is 16.1. The molecule has 1 heterocycles. The maximum Gasteiger partial charge on any atom is 0.163 e. The summed E-state index contributed by atoms with van der Waals surface area (Å²) < 4.78 is 28.0. The summed E-state index contributed by atoms with van der Waals surface area (Å²) in [5.74, 6) is -0.477. The second-order valence-electron chi connectivity index (χ2n) is 5.28. The zero-order chi connectivity index (χ0) is 14.9. The van der Waals surface area contributed by atoms with Crippen LogP contribution < -0.4 is 5.32 Å². The molecule has 1 aliphatic rings. The lowest BCUT2D eigenvalue weighted by molar-refractivity contribution is 0.469. The van der Waals surface area contributed by atoms with Crippen molar-refractivity contribution in [3.8, 4) is 0 Å². The first-order valence-corrected chi connectivity index (χ1v) is 8.83. The summed E-state index contributed by atoms with van der Waals surface area (Å²) in [6.45, 7) is 6.01. The molecule has 1 fully saturated rings. The minimum atomic E-state index is -0.724. The van der Waals surface area contributed by atoms with Crippen LogP contribution in [0.15, 0.2) is 12.1 Å². The summed E-state index contributed by atoms with van der Waals surface area (Å²) in [4.78, 5) is 0. The van der Waals surface area contributed by atoms with Gasteiger partial charge in [0.05, 0.1) is 0 Å². The fourth-order valence-corrected chi connectivity index (χ4v) is 5.57. The first-order chi connectivity index (χ1) is 9.45. The second kappa shape index (κ2) is 6.67. The Hall–Kier alpha value is -0.260. The van der Waals surface area contributed by atoms with Crippen molar-refractivity contribution < 1.29 is 8.78 Å². The van der Waals surface area contributed by atoms with E-state index in [2.05, 4.69) is 19.2 Å². The Bertz CT molecular complexity index is 481. The van der Waals surface area contributed by atoms with E-state index in [1.165, 1.54) is 0 Å². The van der Waals surface area contributed by atoms with Gasteiger partial charge in [0.1, 0.15) is 0 Å². The number of nitrogens with one attached hydrogen (secondary N) is 1. The largest absolute Gasteiger partial charge is 0.312 e. The van der Waals surface area contributed by atoms with E-state index in [1.807, 2.05) is 30.6 Å². The molecular weight excluding hydrogens is 296 g/mol. The number of halogens is 2. The van der Waals surface area contributed by atoms with E-state index in [9.17, 15) is 8.78 Å². The van der Waals surface area contributed by atoms with Gasteiger partial charge in [0.25, 0.3) is 0 Å². The quantitative estimate of drug-likeness (QED) is 0.899. The first-order valence-electron chi connectivity index (χ1n) is 6.84. The lowest BCUT2D eigenvalue weighted by Gasteiger charge is -2.36. The molecule has 20 heavy (non-hydrogen) atoms. The van der Waals surface area contributed by atoms with Crippen LogP contribution >= 0.6 is 23.5 Å². The van der Waals surface area contributed by atoms with Crippen molar-refractivity contribution in [3.05, 3.63) is 34.9 Å². The highest BCUT2D eigenvalue weighted by Crippen LogP contribution is 2.41. The molecule has 1 aromatic rings. The molecule has 1 aromatic carbocycles. The molecule has 4 unspecified atom stereocenters. The summed E-state index contributed by atoms with van der Waals surface area (Å²) in [6.07, 6.45) is 0. The topological polar surface area (TPSA) is 12.0 Å². The average Bonchev–Trinajstić information content (AvgIpc) is 2.43. The highest BCUT2D eigenvalue weighted by molar-refractivity contribution is 8.07. The van der Waals surface area contributed by atoms with Crippen molar-refractivity contribution in [2.24, 2.45) is 0 Å². The molecule has 0 amide bonds. The average molecular weight is 317 g/mol. The molecule has 1 aliphatic heterocycles. The summed E-state index contributed by atoms with van der Waals surface area (Å²) in [6, 6.07) is 3.21. The molecule has 0 spiro atoms. The van der Waals surface area contributed by atoms with Crippen molar-refractivity contribution in [1.82, 2.24) is 5.32 Å². The van der Waals surface area contributed by atoms with Crippen molar-refractivity contribution in [3.63, 3.8) is 0 Å². The zero-order valence-corrected chi connectivity index (χ0v) is 13.9. The number of hydrogen-bond acceptors (Lipinski definition) is 3. The third-order valence-corrected chi connectivity index (χ3v) is 7.39. The number of aryl methyl sites for hydroxylation is 1. The van der Waals surface area contributed by atoms with Gasteiger partial charge in [-0.1, -0.05) is 26.0 Å². The van der Waals surface area contributed by atoms with E-state index in [0.717, 1.165) is 5.75 Å². The molecule has 1 nitrogen and oxygen atoms in total. The molecular formula is C15H21F2NS2. The molecule has 0 saturated carbocycles. The molecule has 1 saturated heterocycles. The number of benzene rings is 1. The van der Waals surface area contributed by atoms with Crippen molar-refractivity contribution in [2.75, 3.05) is 12.8 Å². The maximum absolute atomic E-state index is 14.2. The van der Waals surface area contributed by atoms with Crippen molar-refractivity contribution in [1.29, 1.82) is 0 Å². The van der Waals surface area contributed by atoms with E-state index >= 15 is 0 Å². The Morgan fingerprint density at radius 3 is 2.50 bits per heavy atom. The molecule has 0 radical (unpaired) electrons. The van der Waals surface area contributed by atoms with Gasteiger partial charge in [0.15, 0.2) is 11.6 Å². The van der Waals surface area contributed by atoms with Crippen LogP contribution in [0.1, 0.15) is 31.0 Å². The molecule has 0 aromatic heterocycles. The van der Waals surface area contributed by atoms with Gasteiger partial charge in [-0.2, -0.15) is 23.5 Å². The molecule has 112 valence electrons. The minimum Gasteiger partial charge on any atom is -0.312 e. The lowest BCUT2D eigenvalue weighted by Crippen LogP contribution is -2.36. The van der Waals surface area contributed by atoms with Gasteiger partial charge in [0.2, 0.25) is 0 Å². The van der Waals surface area contributed by atoms with Crippen molar-refractivity contribution >= 4 is 23.5 Å². The predicted octanol–water partition coefficient (Wildman–Crippen LogP) is 4.16. The van der Waals surface area contributed by atoms with E-state index in [-0.39, 0.29) is 11.3 Å². The monoisotopic (exact) mass is 317 g/mol. The van der Waals surface area contributed by atoms with E-state index < -0.39 is 11.6 Å². The normalized spacial score (nSPS) is 28.4. The van der Waals surface area contributed by atoms with E-state index in [0.29, 0.717) is 21.6 Å². The molecule has 5 heteroatoms. The zero-order valence-electron chi connectivity index (χ0n) is 12.2. The number of thioether (sulfide) groups is 2. The van der Waals surface area contributed by atoms with E-state index in [1.54, 1.807) is 19.1 Å². The van der Waals surface area contributed by atoms with Crippen LogP contribution in [0.25, 0.3) is 0 Å². The fraction of sp³-hybridized carbons (Fsp3) is 0.600. The smallest absolute Gasteiger partial charge is 0.163 e. The fourth-order valence-electron chi connectivity index (χ4n) is 2.43. The molecule has 0 bridgehead atoms.